The molecule has 1 aromatic heterocycles. The van der Waals surface area contributed by atoms with Crippen LogP contribution in [0, 0.1) is 15.9 Å². The number of hydrogen-bond acceptors (Lipinski definition) is 6. The van der Waals surface area contributed by atoms with Crippen molar-refractivity contribution in [3.05, 3.63) is 58.2 Å². The minimum Gasteiger partial charge on any atom is -0.460 e. The largest absolute Gasteiger partial charge is 0.460 e. The molecule has 1 fully saturated rings. The van der Waals surface area contributed by atoms with Gasteiger partial charge in [-0.3, -0.25) is 14.9 Å². The maximum absolute atomic E-state index is 12.8. The second kappa shape index (κ2) is 7.85. The lowest BCUT2D eigenvalue weighted by Crippen LogP contribution is -2.39. The van der Waals surface area contributed by atoms with E-state index < -0.39 is 10.7 Å². The molecule has 26 heavy (non-hydrogen) atoms. The molecule has 0 atom stereocenters. The van der Waals surface area contributed by atoms with Crippen molar-refractivity contribution in [2.24, 2.45) is 0 Å². The molecule has 1 heterocycles. The highest BCUT2D eigenvalue weighted by molar-refractivity contribution is 5.95. The average Bonchev–Trinajstić information content (AvgIpc) is 2.65. The molecule has 0 bridgehead atoms. The van der Waals surface area contributed by atoms with Crippen LogP contribution in [-0.4, -0.2) is 32.9 Å². The molecule has 0 radical (unpaired) electrons. The first kappa shape index (κ1) is 17.7. The van der Waals surface area contributed by atoms with Gasteiger partial charge in [-0.1, -0.05) is 6.07 Å². The minimum atomic E-state index is -0.531. The summed E-state index contributed by atoms with van der Waals surface area (Å²) in [4.78, 5) is 30.1. The maximum Gasteiger partial charge on any atom is 0.316 e. The average molecular weight is 360 g/mol. The van der Waals surface area contributed by atoms with Crippen molar-refractivity contribution in [2.75, 3.05) is 0 Å². The molecule has 1 saturated carbocycles. The summed E-state index contributed by atoms with van der Waals surface area (Å²) < 4.78 is 18.4. The second-order valence-corrected chi connectivity index (χ2v) is 6.06. The molecule has 9 heteroatoms. The fourth-order valence-electron chi connectivity index (χ4n) is 2.86. The Bertz CT molecular complexity index is 792. The summed E-state index contributed by atoms with van der Waals surface area (Å²) in [5, 5.41) is 13.7. The van der Waals surface area contributed by atoms with E-state index in [1.54, 1.807) is 6.07 Å². The third-order valence-corrected chi connectivity index (χ3v) is 4.20. The molecule has 0 unspecified atom stereocenters. The molecule has 1 aromatic carbocycles. The quantitative estimate of drug-likeness (QED) is 0.649. The molecule has 3 rings (SSSR count). The topological polar surface area (TPSA) is 107 Å². The number of benzene rings is 1. The van der Waals surface area contributed by atoms with Crippen molar-refractivity contribution in [3.8, 4) is 6.01 Å². The molecule has 0 spiro atoms. The van der Waals surface area contributed by atoms with Crippen LogP contribution in [-0.2, 0) is 0 Å². The van der Waals surface area contributed by atoms with Gasteiger partial charge in [0.05, 0.1) is 17.3 Å². The van der Waals surface area contributed by atoms with Gasteiger partial charge in [-0.2, -0.15) is 0 Å². The molecular formula is C17H17FN4O4. The molecule has 136 valence electrons. The van der Waals surface area contributed by atoms with Gasteiger partial charge >= 0.3 is 6.01 Å². The second-order valence-electron chi connectivity index (χ2n) is 6.06. The summed E-state index contributed by atoms with van der Waals surface area (Å²) in [5.74, 6) is -0.857. The van der Waals surface area contributed by atoms with Gasteiger partial charge in [0.25, 0.3) is 11.6 Å². The first-order chi connectivity index (χ1) is 12.5. The van der Waals surface area contributed by atoms with Crippen molar-refractivity contribution >= 4 is 11.6 Å². The van der Waals surface area contributed by atoms with Crippen LogP contribution < -0.4 is 10.1 Å². The number of nitro benzene ring substituents is 1. The van der Waals surface area contributed by atoms with Gasteiger partial charge in [0.15, 0.2) is 5.82 Å². The van der Waals surface area contributed by atoms with E-state index in [0.717, 1.165) is 12.4 Å². The van der Waals surface area contributed by atoms with Gasteiger partial charge in [-0.25, -0.2) is 14.4 Å². The van der Waals surface area contributed by atoms with Crippen LogP contribution in [0.4, 0.5) is 10.1 Å². The van der Waals surface area contributed by atoms with Crippen LogP contribution in [0.5, 0.6) is 6.01 Å². The third kappa shape index (κ3) is 4.50. The standard InChI is InChI=1S/C17H17FN4O4/c18-12-9-19-17(20-10-12)26-15-6-4-13(5-7-15)21-16(23)11-2-1-3-14(8-11)22(24)25/h1-3,8-10,13,15H,4-7H2,(H,21,23). The zero-order valence-electron chi connectivity index (χ0n) is 13.8. The van der Waals surface area contributed by atoms with Crippen molar-refractivity contribution < 1.29 is 18.8 Å². The summed E-state index contributed by atoms with van der Waals surface area (Å²) in [6.45, 7) is 0. The number of nitrogens with one attached hydrogen (secondary N) is 1. The number of rotatable bonds is 5. The van der Waals surface area contributed by atoms with E-state index in [4.69, 9.17) is 4.74 Å². The van der Waals surface area contributed by atoms with Crippen LogP contribution >= 0.6 is 0 Å². The lowest BCUT2D eigenvalue weighted by molar-refractivity contribution is -0.384. The first-order valence-corrected chi connectivity index (χ1v) is 8.21. The zero-order chi connectivity index (χ0) is 18.5. The van der Waals surface area contributed by atoms with Gasteiger partial charge in [0.2, 0.25) is 0 Å². The van der Waals surface area contributed by atoms with E-state index in [0.29, 0.717) is 25.7 Å². The number of hydrogen-bond donors (Lipinski definition) is 1. The maximum atomic E-state index is 12.8. The molecule has 0 saturated heterocycles. The van der Waals surface area contributed by atoms with E-state index in [2.05, 4.69) is 15.3 Å². The van der Waals surface area contributed by atoms with E-state index in [1.807, 2.05) is 0 Å². The molecule has 1 aliphatic carbocycles. The van der Waals surface area contributed by atoms with Crippen molar-refractivity contribution in [2.45, 2.75) is 37.8 Å². The Morgan fingerprint density at radius 3 is 2.58 bits per heavy atom. The Morgan fingerprint density at radius 2 is 1.92 bits per heavy atom. The normalized spacial score (nSPS) is 19.6. The lowest BCUT2D eigenvalue weighted by atomic mass is 9.92. The number of aromatic nitrogens is 2. The van der Waals surface area contributed by atoms with Crippen molar-refractivity contribution in [1.29, 1.82) is 0 Å². The summed E-state index contributed by atoms with van der Waals surface area (Å²) >= 11 is 0. The van der Waals surface area contributed by atoms with Crippen LogP contribution in [0.3, 0.4) is 0 Å². The van der Waals surface area contributed by atoms with Crippen LogP contribution in [0.1, 0.15) is 36.0 Å². The van der Waals surface area contributed by atoms with Crippen molar-refractivity contribution in [1.82, 2.24) is 15.3 Å². The highest BCUT2D eigenvalue weighted by Gasteiger charge is 2.25. The van der Waals surface area contributed by atoms with E-state index in [-0.39, 0.29) is 35.3 Å². The molecule has 1 amide bonds. The Balaban J connectivity index is 1.50. The molecular weight excluding hydrogens is 343 g/mol. The number of nitrogens with zero attached hydrogens (tertiary/aromatic N) is 3. The Hall–Kier alpha value is -3.10. The molecule has 1 aliphatic rings. The van der Waals surface area contributed by atoms with Gasteiger partial charge in [0, 0.05) is 23.7 Å². The number of carbonyl (C=O) groups excluding carboxylic acids is 1. The SMILES string of the molecule is O=C(NC1CCC(Oc2ncc(F)cn2)CC1)c1cccc([N+](=O)[O-])c1. The molecule has 1 N–H and O–H groups in total. The third-order valence-electron chi connectivity index (χ3n) is 4.20. The van der Waals surface area contributed by atoms with Gasteiger partial charge < -0.3 is 10.1 Å². The number of ether oxygens (including phenoxy) is 1. The van der Waals surface area contributed by atoms with Crippen LogP contribution in [0.15, 0.2) is 36.7 Å². The van der Waals surface area contributed by atoms with E-state index in [9.17, 15) is 19.3 Å². The smallest absolute Gasteiger partial charge is 0.316 e. The Kier molecular flexibility index (Phi) is 5.35. The van der Waals surface area contributed by atoms with E-state index >= 15 is 0 Å². The predicted octanol–water partition coefficient (Wildman–Crippen LogP) is 2.64. The summed E-state index contributed by atoms with van der Waals surface area (Å²) in [7, 11) is 0. The molecule has 8 nitrogen and oxygen atoms in total. The number of nitro groups is 1. The fourth-order valence-corrected chi connectivity index (χ4v) is 2.86. The van der Waals surface area contributed by atoms with Gasteiger partial charge in [-0.05, 0) is 31.7 Å². The van der Waals surface area contributed by atoms with Gasteiger partial charge in [0.1, 0.15) is 6.10 Å². The molecule has 0 aliphatic heterocycles. The Labute approximate surface area is 148 Å². The minimum absolute atomic E-state index is 0.0317. The lowest BCUT2D eigenvalue weighted by Gasteiger charge is -2.28. The van der Waals surface area contributed by atoms with Crippen LogP contribution in [0.25, 0.3) is 0 Å². The number of carbonyl (C=O) groups is 1. The molecule has 2 aromatic rings. The monoisotopic (exact) mass is 360 g/mol. The number of amides is 1. The summed E-state index contributed by atoms with van der Waals surface area (Å²) in [6, 6.07) is 5.74. The van der Waals surface area contributed by atoms with Crippen LogP contribution in [0.2, 0.25) is 0 Å². The zero-order valence-corrected chi connectivity index (χ0v) is 13.8. The summed E-state index contributed by atoms with van der Waals surface area (Å²) in [5.41, 5.74) is 0.145. The number of non-ortho nitro benzene ring substituents is 1. The highest BCUT2D eigenvalue weighted by Crippen LogP contribution is 2.23. The Morgan fingerprint density at radius 1 is 1.23 bits per heavy atom. The summed E-state index contributed by atoms with van der Waals surface area (Å²) in [6.07, 6.45) is 4.80. The predicted molar refractivity (Wildman–Crippen MR) is 89.2 cm³/mol. The highest BCUT2D eigenvalue weighted by atomic mass is 19.1. The fraction of sp³-hybridized carbons (Fsp3) is 0.353. The van der Waals surface area contributed by atoms with Crippen molar-refractivity contribution in [3.63, 3.8) is 0 Å². The number of halogens is 1. The van der Waals surface area contributed by atoms with E-state index in [1.165, 1.54) is 18.2 Å². The first-order valence-electron chi connectivity index (χ1n) is 8.21. The van der Waals surface area contributed by atoms with Gasteiger partial charge in [-0.15, -0.1) is 0 Å².